The van der Waals surface area contributed by atoms with Gasteiger partial charge in [-0.05, 0) is 24.3 Å². The molecule has 1 N–H and O–H groups in total. The van der Waals surface area contributed by atoms with Crippen molar-refractivity contribution in [3.05, 3.63) is 59.0 Å². The molecule has 0 atom stereocenters. The van der Waals surface area contributed by atoms with Crippen molar-refractivity contribution in [1.29, 1.82) is 0 Å². The summed E-state index contributed by atoms with van der Waals surface area (Å²) in [4.78, 5) is 16.6. The van der Waals surface area contributed by atoms with Gasteiger partial charge in [0, 0.05) is 0 Å². The zero-order valence-corrected chi connectivity index (χ0v) is 11.6. The van der Waals surface area contributed by atoms with Crippen molar-refractivity contribution in [3.8, 4) is 16.3 Å². The van der Waals surface area contributed by atoms with Gasteiger partial charge in [0.15, 0.2) is 0 Å². The summed E-state index contributed by atoms with van der Waals surface area (Å²) in [5, 5.41) is 11.4. The number of hydrogen-bond donors (Lipinski definition) is 1. The van der Waals surface area contributed by atoms with E-state index in [1.54, 1.807) is 24.3 Å². The molecule has 4 rings (SSSR count). The zero-order chi connectivity index (χ0) is 14.4. The number of rotatable bonds is 1. The highest BCUT2D eigenvalue weighted by molar-refractivity contribution is 7.21. The molecule has 0 aliphatic heterocycles. The van der Waals surface area contributed by atoms with Gasteiger partial charge in [-0.15, -0.1) is 11.3 Å². The van der Waals surface area contributed by atoms with Gasteiger partial charge in [-0.3, -0.25) is 0 Å². The number of fused-ring (bicyclic) bond motifs is 2. The fourth-order valence-electron chi connectivity index (χ4n) is 2.30. The largest absolute Gasteiger partial charge is 0.506 e. The maximum Gasteiger partial charge on any atom is 0.350 e. The molecular weight excluding hydrogens is 286 g/mol. The highest BCUT2D eigenvalue weighted by Gasteiger charge is 2.18. The predicted octanol–water partition coefficient (Wildman–Crippen LogP) is 3.78. The van der Waals surface area contributed by atoms with Crippen molar-refractivity contribution < 1.29 is 9.52 Å². The quantitative estimate of drug-likeness (QED) is 0.543. The van der Waals surface area contributed by atoms with Gasteiger partial charge in [-0.2, -0.15) is 0 Å². The van der Waals surface area contributed by atoms with Crippen LogP contribution in [0.15, 0.2) is 57.7 Å². The van der Waals surface area contributed by atoms with E-state index in [9.17, 15) is 9.90 Å². The van der Waals surface area contributed by atoms with Gasteiger partial charge in [-0.1, -0.05) is 24.3 Å². The average Bonchev–Trinajstić information content (AvgIpc) is 2.90. The molecule has 2 heterocycles. The van der Waals surface area contributed by atoms with Gasteiger partial charge in [0.1, 0.15) is 21.9 Å². The van der Waals surface area contributed by atoms with Crippen molar-refractivity contribution in [3.63, 3.8) is 0 Å². The molecule has 21 heavy (non-hydrogen) atoms. The molecule has 4 aromatic rings. The van der Waals surface area contributed by atoms with Crippen LogP contribution in [0, 0.1) is 0 Å². The maximum absolute atomic E-state index is 12.2. The van der Waals surface area contributed by atoms with Gasteiger partial charge >= 0.3 is 5.63 Å². The lowest BCUT2D eigenvalue weighted by Crippen LogP contribution is -2.03. The molecule has 0 saturated heterocycles. The number of hydrogen-bond acceptors (Lipinski definition) is 5. The summed E-state index contributed by atoms with van der Waals surface area (Å²) in [7, 11) is 0. The second-order valence-electron chi connectivity index (χ2n) is 4.60. The predicted molar refractivity (Wildman–Crippen MR) is 82.8 cm³/mol. The molecule has 0 saturated carbocycles. The second-order valence-corrected chi connectivity index (χ2v) is 5.63. The first kappa shape index (κ1) is 12.1. The Morgan fingerprint density at radius 1 is 1.05 bits per heavy atom. The van der Waals surface area contributed by atoms with E-state index in [0.717, 1.165) is 10.2 Å². The first-order chi connectivity index (χ1) is 10.2. The van der Waals surface area contributed by atoms with E-state index in [1.807, 2.05) is 24.3 Å². The Labute approximate surface area is 122 Å². The van der Waals surface area contributed by atoms with E-state index in [1.165, 1.54) is 11.3 Å². The minimum atomic E-state index is -0.578. The van der Waals surface area contributed by atoms with Crippen LogP contribution >= 0.6 is 11.3 Å². The molecule has 0 aliphatic rings. The molecule has 0 fully saturated rings. The number of benzene rings is 2. The van der Waals surface area contributed by atoms with Crippen molar-refractivity contribution in [1.82, 2.24) is 4.98 Å². The fourth-order valence-corrected chi connectivity index (χ4v) is 3.30. The third-order valence-electron chi connectivity index (χ3n) is 3.29. The molecule has 2 aromatic carbocycles. The first-order valence-electron chi connectivity index (χ1n) is 6.35. The lowest BCUT2D eigenvalue weighted by atomic mass is 10.1. The molecule has 0 aliphatic carbocycles. The molecule has 0 bridgehead atoms. The highest BCUT2D eigenvalue weighted by Crippen LogP contribution is 2.36. The number of aromatic nitrogens is 1. The number of nitrogens with zero attached hydrogens (tertiary/aromatic N) is 1. The van der Waals surface area contributed by atoms with Gasteiger partial charge < -0.3 is 9.52 Å². The van der Waals surface area contributed by atoms with E-state index >= 15 is 0 Å². The van der Waals surface area contributed by atoms with E-state index in [2.05, 4.69) is 4.98 Å². The summed E-state index contributed by atoms with van der Waals surface area (Å²) in [6, 6.07) is 14.5. The summed E-state index contributed by atoms with van der Waals surface area (Å²) in [5.41, 5.74) is 0.703. The van der Waals surface area contributed by atoms with Crippen molar-refractivity contribution in [2.75, 3.05) is 0 Å². The van der Waals surface area contributed by atoms with E-state index in [4.69, 9.17) is 4.42 Å². The lowest BCUT2D eigenvalue weighted by Gasteiger charge is -2.03. The van der Waals surface area contributed by atoms with Crippen LogP contribution in [0.2, 0.25) is 0 Å². The summed E-state index contributed by atoms with van der Waals surface area (Å²) >= 11 is 1.36. The average molecular weight is 295 g/mol. The third kappa shape index (κ3) is 1.82. The van der Waals surface area contributed by atoms with Crippen molar-refractivity contribution in [2.45, 2.75) is 0 Å². The maximum atomic E-state index is 12.2. The molecule has 5 heteroatoms. The topological polar surface area (TPSA) is 63.3 Å². The molecule has 4 nitrogen and oxygen atoms in total. The Morgan fingerprint density at radius 2 is 1.81 bits per heavy atom. The number of aromatic hydroxyl groups is 1. The molecule has 2 aromatic heterocycles. The molecular formula is C16H9NO3S. The molecule has 0 spiro atoms. The molecule has 102 valence electrons. The Hall–Kier alpha value is -2.66. The highest BCUT2D eigenvalue weighted by atomic mass is 32.1. The fraction of sp³-hybridized carbons (Fsp3) is 0. The molecule has 0 unspecified atom stereocenters. The Balaban J connectivity index is 2.08. The van der Waals surface area contributed by atoms with Gasteiger partial charge in [0.05, 0.1) is 15.6 Å². The van der Waals surface area contributed by atoms with Crippen molar-refractivity contribution >= 4 is 32.5 Å². The van der Waals surface area contributed by atoms with E-state index in [0.29, 0.717) is 16.0 Å². The first-order valence-corrected chi connectivity index (χ1v) is 7.16. The van der Waals surface area contributed by atoms with E-state index in [-0.39, 0.29) is 11.3 Å². The third-order valence-corrected chi connectivity index (χ3v) is 4.35. The number of para-hydroxylation sites is 2. The van der Waals surface area contributed by atoms with Crippen LogP contribution in [-0.4, -0.2) is 10.1 Å². The Bertz CT molecular complexity index is 999. The van der Waals surface area contributed by atoms with Crippen LogP contribution in [0.25, 0.3) is 31.8 Å². The zero-order valence-electron chi connectivity index (χ0n) is 10.7. The van der Waals surface area contributed by atoms with Crippen LogP contribution in [-0.2, 0) is 0 Å². The smallest absolute Gasteiger partial charge is 0.350 e. The van der Waals surface area contributed by atoms with Crippen LogP contribution < -0.4 is 5.63 Å². The van der Waals surface area contributed by atoms with Gasteiger partial charge in [0.2, 0.25) is 0 Å². The standard InChI is InChI=1S/C16H9NO3S/c18-14-9-5-1-3-7-11(9)20-16(19)13(14)15-17-10-6-2-4-8-12(10)21-15/h1-8,18H. The second kappa shape index (κ2) is 4.43. The normalized spacial score (nSPS) is 11.2. The summed E-state index contributed by atoms with van der Waals surface area (Å²) in [6.45, 7) is 0. The Kier molecular flexibility index (Phi) is 2.55. The monoisotopic (exact) mass is 295 g/mol. The Morgan fingerprint density at radius 3 is 2.67 bits per heavy atom. The van der Waals surface area contributed by atoms with E-state index < -0.39 is 5.63 Å². The SMILES string of the molecule is O=c1oc2ccccc2c(O)c1-c1nc2ccccc2s1. The van der Waals surface area contributed by atoms with Gasteiger partial charge in [0.25, 0.3) is 0 Å². The summed E-state index contributed by atoms with van der Waals surface area (Å²) < 4.78 is 6.23. The summed E-state index contributed by atoms with van der Waals surface area (Å²) in [6.07, 6.45) is 0. The van der Waals surface area contributed by atoms with Crippen LogP contribution in [0.4, 0.5) is 0 Å². The molecule has 0 amide bonds. The molecule has 0 radical (unpaired) electrons. The minimum absolute atomic E-state index is 0.0825. The number of thiazole rings is 1. The van der Waals surface area contributed by atoms with Crippen LogP contribution in [0.3, 0.4) is 0 Å². The van der Waals surface area contributed by atoms with Crippen molar-refractivity contribution in [2.24, 2.45) is 0 Å². The lowest BCUT2D eigenvalue weighted by molar-refractivity contribution is 0.471. The van der Waals surface area contributed by atoms with Crippen LogP contribution in [0.5, 0.6) is 5.75 Å². The van der Waals surface area contributed by atoms with Gasteiger partial charge in [-0.25, -0.2) is 9.78 Å². The summed E-state index contributed by atoms with van der Waals surface area (Å²) in [5.74, 6) is -0.0825. The minimum Gasteiger partial charge on any atom is -0.506 e. The van der Waals surface area contributed by atoms with Crippen LogP contribution in [0.1, 0.15) is 0 Å².